The number of aromatic nitrogens is 1. The van der Waals surface area contributed by atoms with E-state index < -0.39 is 16.5 Å². The fraction of sp³-hybridized carbons (Fsp3) is 0.375. The molecule has 0 bridgehead atoms. The summed E-state index contributed by atoms with van der Waals surface area (Å²) in [6.07, 6.45) is 3.61. The van der Waals surface area contributed by atoms with E-state index in [1.54, 1.807) is 0 Å². The van der Waals surface area contributed by atoms with Crippen molar-refractivity contribution in [2.45, 2.75) is 6.92 Å². The highest BCUT2D eigenvalue weighted by atomic mass is 31.2. The molecule has 0 saturated carbocycles. The summed E-state index contributed by atoms with van der Waals surface area (Å²) in [4.78, 5) is 21.4. The Bertz CT molecular complexity index is 350. The van der Waals surface area contributed by atoms with Crippen LogP contribution in [0.2, 0.25) is 0 Å². The van der Waals surface area contributed by atoms with E-state index in [0.717, 1.165) is 6.54 Å². The Morgan fingerprint density at radius 3 is 2.06 bits per heavy atom. The predicted octanol–water partition coefficient (Wildman–Crippen LogP) is 1.84. The molecule has 0 amide bonds. The van der Waals surface area contributed by atoms with Crippen LogP contribution in [0.1, 0.15) is 6.92 Å². The lowest BCUT2D eigenvalue weighted by Crippen LogP contribution is -2.15. The van der Waals surface area contributed by atoms with Gasteiger partial charge in [-0.05, 0) is 19.1 Å². The fourth-order valence-electron chi connectivity index (χ4n) is 0.841. The third-order valence-corrected chi connectivity index (χ3v) is 2.84. The zero-order valence-electron chi connectivity index (χ0n) is 9.42. The summed E-state index contributed by atoms with van der Waals surface area (Å²) in [5, 5.41) is 0. The lowest BCUT2D eigenvalue weighted by Gasteiger charge is -2.15. The first-order valence-corrected chi connectivity index (χ1v) is 6.85. The van der Waals surface area contributed by atoms with Crippen molar-refractivity contribution in [1.82, 2.24) is 4.98 Å². The number of hydrogen-bond acceptors (Lipinski definition) is 5. The van der Waals surface area contributed by atoms with Gasteiger partial charge in [-0.25, -0.2) is 0 Å². The quantitative estimate of drug-likeness (QED) is 0.811. The van der Waals surface area contributed by atoms with Gasteiger partial charge < -0.3 is 4.90 Å². The van der Waals surface area contributed by atoms with Gasteiger partial charge in [0.05, 0.1) is 0 Å². The van der Waals surface area contributed by atoms with Gasteiger partial charge in [-0.15, -0.1) is 9.79 Å². The van der Waals surface area contributed by atoms with Gasteiger partial charge >= 0.3 is 16.5 Å². The van der Waals surface area contributed by atoms with E-state index in [2.05, 4.69) is 28.2 Å². The van der Waals surface area contributed by atoms with Crippen LogP contribution in [0, 0.1) is 0 Å². The first-order valence-electron chi connectivity index (χ1n) is 4.58. The molecule has 1 aromatic heterocycles. The summed E-state index contributed by atoms with van der Waals surface area (Å²) in [6.45, 7) is 3.16. The normalized spacial score (nSPS) is 11.1. The highest BCUT2D eigenvalue weighted by Crippen LogP contribution is 2.30. The van der Waals surface area contributed by atoms with Crippen molar-refractivity contribution in [2.75, 3.05) is 18.5 Å². The molecule has 1 rings (SSSR count). The Morgan fingerprint density at radius 2 is 1.76 bits per heavy atom. The molecule has 1 aromatic rings. The topological polar surface area (TPSA) is 100.0 Å². The van der Waals surface area contributed by atoms with Crippen LogP contribution in [0.15, 0.2) is 24.5 Å². The Kier molecular flexibility index (Phi) is 8.58. The van der Waals surface area contributed by atoms with Gasteiger partial charge in [0.25, 0.3) is 0 Å². The van der Waals surface area contributed by atoms with E-state index in [1.165, 1.54) is 5.69 Å². The SMILES string of the molecule is CCN(C)c1ccncc1.O=[P+](O)O[P+](=O)O. The lowest BCUT2D eigenvalue weighted by molar-refractivity contribution is 0.371. The van der Waals surface area contributed by atoms with Crippen LogP contribution in [0.3, 0.4) is 0 Å². The molecule has 2 unspecified atom stereocenters. The van der Waals surface area contributed by atoms with E-state index in [0.29, 0.717) is 0 Å². The molecule has 0 fully saturated rings. The minimum absolute atomic E-state index is 1.03. The van der Waals surface area contributed by atoms with Crippen molar-refractivity contribution in [3.63, 3.8) is 0 Å². The molecule has 0 spiro atoms. The van der Waals surface area contributed by atoms with E-state index in [1.807, 2.05) is 24.5 Å². The van der Waals surface area contributed by atoms with Crippen molar-refractivity contribution in [3.8, 4) is 0 Å². The molecular formula is C8H14N2O5P2+2. The summed E-state index contributed by atoms with van der Waals surface area (Å²) in [5.74, 6) is 0. The Balaban J connectivity index is 0.000000325. The van der Waals surface area contributed by atoms with Crippen LogP contribution >= 0.6 is 16.5 Å². The molecule has 0 aromatic carbocycles. The smallest absolute Gasteiger partial charge is 0.375 e. The average Bonchev–Trinajstić information content (AvgIpc) is 2.28. The van der Waals surface area contributed by atoms with Gasteiger partial charge in [0.1, 0.15) is 0 Å². The highest BCUT2D eigenvalue weighted by molar-refractivity contribution is 7.46. The molecule has 0 saturated heterocycles. The van der Waals surface area contributed by atoms with Gasteiger partial charge in [-0.2, -0.15) is 0 Å². The second-order valence-electron chi connectivity index (χ2n) is 2.78. The Labute approximate surface area is 101 Å². The van der Waals surface area contributed by atoms with Crippen LogP contribution < -0.4 is 4.90 Å². The predicted molar refractivity (Wildman–Crippen MR) is 63.9 cm³/mol. The van der Waals surface area contributed by atoms with Gasteiger partial charge in [-0.3, -0.25) is 4.98 Å². The van der Waals surface area contributed by atoms with Crippen LogP contribution in [0.4, 0.5) is 5.69 Å². The van der Waals surface area contributed by atoms with E-state index in [-0.39, 0.29) is 0 Å². The molecule has 7 nitrogen and oxygen atoms in total. The number of rotatable bonds is 4. The van der Waals surface area contributed by atoms with E-state index >= 15 is 0 Å². The van der Waals surface area contributed by atoms with Crippen molar-refractivity contribution in [2.24, 2.45) is 0 Å². The molecule has 17 heavy (non-hydrogen) atoms. The summed E-state index contributed by atoms with van der Waals surface area (Å²) in [5.41, 5.74) is 1.22. The lowest BCUT2D eigenvalue weighted by atomic mass is 10.4. The molecule has 1 heterocycles. The van der Waals surface area contributed by atoms with E-state index in [9.17, 15) is 9.13 Å². The first-order chi connectivity index (χ1) is 7.97. The second kappa shape index (κ2) is 9.10. The van der Waals surface area contributed by atoms with Crippen molar-refractivity contribution in [1.29, 1.82) is 0 Å². The zero-order valence-corrected chi connectivity index (χ0v) is 11.2. The molecule has 0 aliphatic carbocycles. The molecular weight excluding hydrogens is 266 g/mol. The molecule has 94 valence electrons. The number of nitrogens with zero attached hydrogens (tertiary/aromatic N) is 2. The Hall–Kier alpha value is -0.970. The highest BCUT2D eigenvalue weighted by Gasteiger charge is 2.31. The minimum atomic E-state index is -2.92. The van der Waals surface area contributed by atoms with Crippen molar-refractivity contribution in [3.05, 3.63) is 24.5 Å². The summed E-state index contributed by atoms with van der Waals surface area (Å²) in [6, 6.07) is 4.01. The van der Waals surface area contributed by atoms with Gasteiger partial charge in [0.15, 0.2) is 4.31 Å². The van der Waals surface area contributed by atoms with Gasteiger partial charge in [0.2, 0.25) is 0 Å². The number of hydrogen-bond donors (Lipinski definition) is 2. The molecule has 0 aliphatic rings. The van der Waals surface area contributed by atoms with E-state index in [4.69, 9.17) is 9.79 Å². The number of pyridine rings is 1. The number of anilines is 1. The maximum Gasteiger partial charge on any atom is 0.745 e. The summed E-state index contributed by atoms with van der Waals surface area (Å²) in [7, 11) is -3.78. The Morgan fingerprint density at radius 1 is 1.29 bits per heavy atom. The van der Waals surface area contributed by atoms with Crippen LogP contribution in [-0.2, 0) is 13.4 Å². The third-order valence-electron chi connectivity index (χ3n) is 1.72. The summed E-state index contributed by atoms with van der Waals surface area (Å²) >= 11 is 0. The molecule has 0 radical (unpaired) electrons. The standard InChI is InChI=1S/C8H12N2.O5P2/c1-3-10(2)8-4-6-9-7-5-8;1-6(2)5-7(3)4/h4-7H,3H2,1-2H3;/p+2. The monoisotopic (exact) mass is 280 g/mol. The van der Waals surface area contributed by atoms with Crippen LogP contribution in [-0.4, -0.2) is 28.4 Å². The minimum Gasteiger partial charge on any atom is -0.375 e. The van der Waals surface area contributed by atoms with Crippen molar-refractivity contribution >= 4 is 22.2 Å². The van der Waals surface area contributed by atoms with Gasteiger partial charge in [-0.1, -0.05) is 0 Å². The largest absolute Gasteiger partial charge is 0.745 e. The molecule has 2 atom stereocenters. The maximum absolute atomic E-state index is 9.39. The maximum atomic E-state index is 9.39. The first kappa shape index (κ1) is 16.0. The third kappa shape index (κ3) is 8.80. The van der Waals surface area contributed by atoms with Crippen LogP contribution in [0.25, 0.3) is 0 Å². The summed E-state index contributed by atoms with van der Waals surface area (Å²) < 4.78 is 22.2. The molecule has 2 N–H and O–H groups in total. The van der Waals surface area contributed by atoms with Crippen molar-refractivity contribution < 1.29 is 23.2 Å². The molecule has 0 aliphatic heterocycles. The average molecular weight is 280 g/mol. The zero-order chi connectivity index (χ0) is 13.3. The van der Waals surface area contributed by atoms with Crippen LogP contribution in [0.5, 0.6) is 0 Å². The second-order valence-corrected chi connectivity index (χ2v) is 4.38. The fourth-order valence-corrected chi connectivity index (χ4v) is 1.32. The van der Waals surface area contributed by atoms with Gasteiger partial charge in [0, 0.05) is 40.8 Å². The molecule has 9 heteroatoms.